The van der Waals surface area contributed by atoms with E-state index in [4.69, 9.17) is 16.3 Å². The fourth-order valence-electron chi connectivity index (χ4n) is 3.83. The van der Waals surface area contributed by atoms with E-state index in [1.165, 1.54) is 16.8 Å². The van der Waals surface area contributed by atoms with E-state index in [9.17, 15) is 4.79 Å². The molecule has 0 atom stereocenters. The summed E-state index contributed by atoms with van der Waals surface area (Å²) in [5.74, 6) is -0.298. The van der Waals surface area contributed by atoms with Crippen molar-refractivity contribution in [3.8, 4) is 0 Å². The molecule has 0 bridgehead atoms. The summed E-state index contributed by atoms with van der Waals surface area (Å²) in [6.07, 6.45) is 6.79. The topological polar surface area (TPSA) is 29.5 Å². The van der Waals surface area contributed by atoms with Crippen LogP contribution in [-0.4, -0.2) is 30.1 Å². The zero-order valence-corrected chi connectivity index (χ0v) is 20.5. The molecule has 0 saturated heterocycles. The first-order valence-electron chi connectivity index (χ1n) is 10.8. The third-order valence-corrected chi connectivity index (χ3v) is 5.82. The Balaban J connectivity index is 2.62. The highest BCUT2D eigenvalue weighted by atomic mass is 35.5. The van der Waals surface area contributed by atoms with Crippen molar-refractivity contribution in [2.24, 2.45) is 0 Å². The van der Waals surface area contributed by atoms with E-state index in [1.807, 2.05) is 32.9 Å². The van der Waals surface area contributed by atoms with E-state index in [-0.39, 0.29) is 5.97 Å². The minimum absolute atomic E-state index is 0.298. The molecule has 0 unspecified atom stereocenters. The molecule has 0 radical (unpaired) electrons. The molecule has 1 aliphatic heterocycles. The van der Waals surface area contributed by atoms with Gasteiger partial charge in [0.25, 0.3) is 0 Å². The second kappa shape index (κ2) is 9.87. The summed E-state index contributed by atoms with van der Waals surface area (Å²) in [7, 11) is 2.10. The van der Waals surface area contributed by atoms with Crippen LogP contribution in [0.4, 0.5) is 0 Å². The lowest BCUT2D eigenvalue weighted by atomic mass is 9.86. The predicted molar refractivity (Wildman–Crippen MR) is 129 cm³/mol. The molecule has 1 aromatic carbocycles. The minimum atomic E-state index is -0.514. The number of benzene rings is 1. The first-order valence-corrected chi connectivity index (χ1v) is 11.2. The normalized spacial score (nSPS) is 15.4. The van der Waals surface area contributed by atoms with Gasteiger partial charge < -0.3 is 9.64 Å². The Kier molecular flexibility index (Phi) is 7.99. The Morgan fingerprint density at radius 2 is 1.90 bits per heavy atom. The molecular weight excluding hydrogens is 394 g/mol. The van der Waals surface area contributed by atoms with Crippen molar-refractivity contribution in [2.45, 2.75) is 73.3 Å². The van der Waals surface area contributed by atoms with Crippen LogP contribution in [0.3, 0.4) is 0 Å². The zero-order valence-electron chi connectivity index (χ0n) is 19.8. The highest BCUT2D eigenvalue weighted by Crippen LogP contribution is 2.40. The number of ether oxygens (including phenoxy) is 1. The van der Waals surface area contributed by atoms with Gasteiger partial charge in [-0.05, 0) is 82.7 Å². The van der Waals surface area contributed by atoms with Gasteiger partial charge in [-0.1, -0.05) is 37.1 Å². The fraction of sp³-hybridized carbons (Fsp3) is 0.500. The van der Waals surface area contributed by atoms with Gasteiger partial charge in [-0.3, -0.25) is 0 Å². The Morgan fingerprint density at radius 1 is 1.23 bits per heavy atom. The lowest BCUT2D eigenvalue weighted by Gasteiger charge is -2.29. The summed E-state index contributed by atoms with van der Waals surface area (Å²) in [6, 6.07) is 3.99. The molecule has 0 fully saturated rings. The quantitative estimate of drug-likeness (QED) is 0.354. The van der Waals surface area contributed by atoms with Crippen LogP contribution in [0.15, 0.2) is 35.6 Å². The lowest BCUT2D eigenvalue weighted by molar-refractivity contribution is -0.148. The highest BCUT2D eigenvalue weighted by molar-refractivity contribution is 6.33. The van der Waals surface area contributed by atoms with Gasteiger partial charge in [0.1, 0.15) is 5.60 Å². The van der Waals surface area contributed by atoms with Gasteiger partial charge in [0, 0.05) is 41.5 Å². The van der Waals surface area contributed by atoms with Crippen LogP contribution in [0.1, 0.15) is 77.5 Å². The number of hydrogen-bond acceptors (Lipinski definition) is 3. The predicted octanol–water partition coefficient (Wildman–Crippen LogP) is 7.19. The van der Waals surface area contributed by atoms with Gasteiger partial charge in [0.05, 0.1) is 0 Å². The summed E-state index contributed by atoms with van der Waals surface area (Å²) in [4.78, 5) is 14.8. The molecule has 2 rings (SSSR count). The van der Waals surface area contributed by atoms with Crippen molar-refractivity contribution in [1.82, 2.24) is 4.90 Å². The summed E-state index contributed by atoms with van der Waals surface area (Å²) in [5.41, 5.74) is 7.34. The van der Waals surface area contributed by atoms with Crippen molar-refractivity contribution in [3.05, 3.63) is 57.3 Å². The van der Waals surface area contributed by atoms with Crippen LogP contribution < -0.4 is 0 Å². The average Bonchev–Trinajstić information content (AvgIpc) is 2.63. The summed E-state index contributed by atoms with van der Waals surface area (Å²) >= 11 is 6.72. The molecule has 1 heterocycles. The van der Waals surface area contributed by atoms with Crippen molar-refractivity contribution in [2.75, 3.05) is 13.6 Å². The third-order valence-electron chi connectivity index (χ3n) is 5.51. The minimum Gasteiger partial charge on any atom is -0.457 e. The Morgan fingerprint density at radius 3 is 2.50 bits per heavy atom. The Bertz CT molecular complexity index is 900. The monoisotopic (exact) mass is 429 g/mol. The standard InChI is InChI=1S/C26H36ClNO2/c1-9-10-11-20(16-23(29)30-26(5,6)7)21-12-13-22(27)25(18(21)3)24-17(2)14-15-28(8)19(24)4/h12-14,16H,9-11,15H2,1-8H3/b20-16+. The second-order valence-electron chi connectivity index (χ2n) is 9.13. The zero-order chi connectivity index (χ0) is 22.6. The van der Waals surface area contributed by atoms with Crippen LogP contribution in [-0.2, 0) is 9.53 Å². The molecule has 1 aliphatic rings. The van der Waals surface area contributed by atoms with Gasteiger partial charge in [0.15, 0.2) is 0 Å². The smallest absolute Gasteiger partial charge is 0.331 e. The molecule has 0 aromatic heterocycles. The SMILES string of the molecule is CCCC/C(=C\C(=O)OC(C)(C)C)c1ccc(Cl)c(C2=C(C)N(C)CC=C2C)c1C. The molecule has 0 N–H and O–H groups in total. The largest absolute Gasteiger partial charge is 0.457 e. The molecule has 0 aliphatic carbocycles. The number of unbranched alkanes of at least 4 members (excludes halogenated alkanes) is 1. The van der Waals surface area contributed by atoms with Gasteiger partial charge in [-0.15, -0.1) is 0 Å². The van der Waals surface area contributed by atoms with Crippen LogP contribution in [0.2, 0.25) is 5.02 Å². The Hall–Kier alpha value is -2.00. The molecule has 4 heteroatoms. The first-order chi connectivity index (χ1) is 14.0. The molecule has 0 amide bonds. The number of esters is 1. The average molecular weight is 430 g/mol. The van der Waals surface area contributed by atoms with E-state index in [2.05, 4.69) is 45.7 Å². The van der Waals surface area contributed by atoms with E-state index in [0.717, 1.165) is 53.1 Å². The van der Waals surface area contributed by atoms with Crippen molar-refractivity contribution < 1.29 is 9.53 Å². The molecule has 164 valence electrons. The number of allylic oxidation sites excluding steroid dienone is 4. The van der Waals surface area contributed by atoms with E-state index >= 15 is 0 Å². The number of carbonyl (C=O) groups is 1. The number of carbonyl (C=O) groups excluding carboxylic acids is 1. The van der Waals surface area contributed by atoms with Crippen molar-refractivity contribution in [1.29, 1.82) is 0 Å². The van der Waals surface area contributed by atoms with Gasteiger partial charge in [0.2, 0.25) is 0 Å². The molecular formula is C26H36ClNO2. The highest BCUT2D eigenvalue weighted by Gasteiger charge is 2.22. The Labute approximate surface area is 187 Å². The van der Waals surface area contributed by atoms with Crippen LogP contribution in [0.25, 0.3) is 11.1 Å². The lowest BCUT2D eigenvalue weighted by Crippen LogP contribution is -2.23. The molecule has 3 nitrogen and oxygen atoms in total. The number of rotatable bonds is 6. The van der Waals surface area contributed by atoms with Gasteiger partial charge in [-0.25, -0.2) is 4.79 Å². The molecule has 0 spiro atoms. The summed E-state index contributed by atoms with van der Waals surface area (Å²) in [5, 5.41) is 0.737. The van der Waals surface area contributed by atoms with Crippen molar-refractivity contribution >= 4 is 28.7 Å². The van der Waals surface area contributed by atoms with Gasteiger partial charge >= 0.3 is 5.97 Å². The van der Waals surface area contributed by atoms with Crippen LogP contribution in [0.5, 0.6) is 0 Å². The number of hydrogen-bond donors (Lipinski definition) is 0. The fourth-order valence-corrected chi connectivity index (χ4v) is 4.13. The number of likely N-dealkylation sites (N-methyl/N-ethyl adjacent to an activating group) is 1. The van der Waals surface area contributed by atoms with Crippen LogP contribution in [0, 0.1) is 6.92 Å². The number of halogens is 1. The summed E-state index contributed by atoms with van der Waals surface area (Å²) in [6.45, 7) is 15.1. The van der Waals surface area contributed by atoms with E-state index in [0.29, 0.717) is 0 Å². The van der Waals surface area contributed by atoms with E-state index in [1.54, 1.807) is 6.08 Å². The molecule has 0 saturated carbocycles. The van der Waals surface area contributed by atoms with Crippen molar-refractivity contribution in [3.63, 3.8) is 0 Å². The van der Waals surface area contributed by atoms with E-state index < -0.39 is 5.60 Å². The molecule has 30 heavy (non-hydrogen) atoms. The van der Waals surface area contributed by atoms with Crippen LogP contribution >= 0.6 is 11.6 Å². The third kappa shape index (κ3) is 5.78. The van der Waals surface area contributed by atoms with Gasteiger partial charge in [-0.2, -0.15) is 0 Å². The maximum Gasteiger partial charge on any atom is 0.331 e. The molecule has 1 aromatic rings. The maximum atomic E-state index is 12.6. The summed E-state index contributed by atoms with van der Waals surface area (Å²) < 4.78 is 5.56. The second-order valence-corrected chi connectivity index (χ2v) is 9.54. The number of nitrogens with zero attached hydrogens (tertiary/aromatic N) is 1. The maximum absolute atomic E-state index is 12.6. The first kappa shape index (κ1) is 24.3.